The van der Waals surface area contributed by atoms with E-state index >= 15 is 0 Å². The second-order valence-electron chi connectivity index (χ2n) is 2.31. The minimum atomic E-state index is -1.10. The van der Waals surface area contributed by atoms with Crippen molar-refractivity contribution in [3.8, 4) is 6.07 Å². The van der Waals surface area contributed by atoms with Gasteiger partial charge in [-0.05, 0) is 19.1 Å². The van der Waals surface area contributed by atoms with E-state index in [1.165, 1.54) is 17.8 Å². The van der Waals surface area contributed by atoms with Crippen LogP contribution in [0.5, 0.6) is 0 Å². The molecule has 1 unspecified atom stereocenters. The fourth-order valence-corrected chi connectivity index (χ4v) is 1.38. The van der Waals surface area contributed by atoms with E-state index in [1.807, 2.05) is 6.07 Å². The highest BCUT2D eigenvalue weighted by atomic mass is 32.2. The van der Waals surface area contributed by atoms with Crippen LogP contribution in [0.1, 0.15) is 17.5 Å². The van der Waals surface area contributed by atoms with Crippen LogP contribution >= 0.6 is 11.8 Å². The molecule has 1 aromatic heterocycles. The Morgan fingerprint density at radius 1 is 1.77 bits per heavy atom. The van der Waals surface area contributed by atoms with Crippen LogP contribution in [0.2, 0.25) is 0 Å². The van der Waals surface area contributed by atoms with Gasteiger partial charge in [-0.1, -0.05) is 11.8 Å². The predicted molar refractivity (Wildman–Crippen MR) is 46.6 cm³/mol. The number of carboxylic acid groups (broad SMARTS) is 1. The molecule has 1 rings (SSSR count). The lowest BCUT2D eigenvalue weighted by Crippen LogP contribution is -1.92. The zero-order valence-corrected chi connectivity index (χ0v) is 7.67. The summed E-state index contributed by atoms with van der Waals surface area (Å²) in [5, 5.41) is 17.2. The summed E-state index contributed by atoms with van der Waals surface area (Å²) in [6.45, 7) is 1.72. The third-order valence-corrected chi connectivity index (χ3v) is 2.18. The van der Waals surface area contributed by atoms with Gasteiger partial charge in [-0.15, -0.1) is 0 Å². The minimum Gasteiger partial charge on any atom is -0.475 e. The van der Waals surface area contributed by atoms with Crippen LogP contribution in [0.3, 0.4) is 0 Å². The molecule has 13 heavy (non-hydrogen) atoms. The van der Waals surface area contributed by atoms with E-state index in [9.17, 15) is 4.79 Å². The molecule has 5 heteroatoms. The number of nitrogens with zero attached hydrogens (tertiary/aromatic N) is 1. The highest BCUT2D eigenvalue weighted by Crippen LogP contribution is 2.24. The second kappa shape index (κ2) is 4.01. The molecule has 1 heterocycles. The number of carbonyl (C=O) groups is 1. The summed E-state index contributed by atoms with van der Waals surface area (Å²) in [6, 6.07) is 4.92. The van der Waals surface area contributed by atoms with Gasteiger partial charge in [-0.3, -0.25) is 0 Å². The number of hydrogen-bond acceptors (Lipinski definition) is 4. The van der Waals surface area contributed by atoms with Crippen molar-refractivity contribution in [3.05, 3.63) is 17.9 Å². The van der Waals surface area contributed by atoms with Crippen LogP contribution < -0.4 is 0 Å². The summed E-state index contributed by atoms with van der Waals surface area (Å²) in [5.41, 5.74) is 0. The fraction of sp³-hybridized carbons (Fsp3) is 0.250. The maximum atomic E-state index is 10.4. The number of aromatic carboxylic acids is 1. The third-order valence-electron chi connectivity index (χ3n) is 1.27. The van der Waals surface area contributed by atoms with Crippen molar-refractivity contribution < 1.29 is 14.3 Å². The van der Waals surface area contributed by atoms with Crippen molar-refractivity contribution in [2.45, 2.75) is 17.3 Å². The molecule has 1 N–H and O–H groups in total. The molecule has 0 bridgehead atoms. The third kappa shape index (κ3) is 2.53. The van der Waals surface area contributed by atoms with Crippen molar-refractivity contribution in [2.75, 3.05) is 0 Å². The van der Waals surface area contributed by atoms with Crippen LogP contribution in [0.4, 0.5) is 0 Å². The normalized spacial score (nSPS) is 12.0. The number of thioether (sulfide) groups is 1. The Balaban J connectivity index is 2.70. The highest BCUT2D eigenvalue weighted by Gasteiger charge is 2.11. The molecular formula is C8H7NO3S. The smallest absolute Gasteiger partial charge is 0.371 e. The first-order valence-electron chi connectivity index (χ1n) is 3.53. The van der Waals surface area contributed by atoms with Crippen molar-refractivity contribution in [3.63, 3.8) is 0 Å². The first-order chi connectivity index (χ1) is 6.13. The molecule has 1 aromatic rings. The van der Waals surface area contributed by atoms with E-state index in [0.29, 0.717) is 5.09 Å². The molecule has 1 atom stereocenters. The van der Waals surface area contributed by atoms with Crippen LogP contribution in [0, 0.1) is 11.3 Å². The molecule has 0 radical (unpaired) electrons. The van der Waals surface area contributed by atoms with Gasteiger partial charge in [-0.25, -0.2) is 4.79 Å². The number of carboxylic acids is 1. The molecule has 4 nitrogen and oxygen atoms in total. The van der Waals surface area contributed by atoms with Crippen molar-refractivity contribution >= 4 is 17.7 Å². The second-order valence-corrected chi connectivity index (χ2v) is 3.66. The lowest BCUT2D eigenvalue weighted by Gasteiger charge is -1.96. The maximum absolute atomic E-state index is 10.4. The van der Waals surface area contributed by atoms with E-state index < -0.39 is 5.97 Å². The van der Waals surface area contributed by atoms with E-state index in [4.69, 9.17) is 14.8 Å². The summed E-state index contributed by atoms with van der Waals surface area (Å²) in [7, 11) is 0. The topological polar surface area (TPSA) is 74.2 Å². The first kappa shape index (κ1) is 9.68. The van der Waals surface area contributed by atoms with Crippen molar-refractivity contribution in [1.82, 2.24) is 0 Å². The van der Waals surface area contributed by atoms with Gasteiger partial charge in [0, 0.05) is 0 Å². The lowest BCUT2D eigenvalue weighted by atomic mass is 10.5. The van der Waals surface area contributed by atoms with Gasteiger partial charge >= 0.3 is 5.97 Å². The SMILES string of the molecule is CC(C#N)Sc1ccc(C(=O)O)o1. The molecule has 0 saturated carbocycles. The van der Waals surface area contributed by atoms with E-state index in [0.717, 1.165) is 0 Å². The predicted octanol–water partition coefficient (Wildman–Crippen LogP) is 1.98. The average Bonchev–Trinajstić information content (AvgIpc) is 2.52. The number of rotatable bonds is 3. The zero-order chi connectivity index (χ0) is 9.84. The van der Waals surface area contributed by atoms with Gasteiger partial charge in [0.15, 0.2) is 5.09 Å². The molecule has 0 saturated heterocycles. The Morgan fingerprint density at radius 2 is 2.46 bits per heavy atom. The molecule has 0 aliphatic heterocycles. The zero-order valence-electron chi connectivity index (χ0n) is 6.85. The van der Waals surface area contributed by atoms with Crippen molar-refractivity contribution in [2.24, 2.45) is 0 Å². The largest absolute Gasteiger partial charge is 0.475 e. The van der Waals surface area contributed by atoms with Gasteiger partial charge in [0.25, 0.3) is 0 Å². The van der Waals surface area contributed by atoms with Gasteiger partial charge in [-0.2, -0.15) is 5.26 Å². The number of furan rings is 1. The van der Waals surface area contributed by atoms with Crippen molar-refractivity contribution in [1.29, 1.82) is 5.26 Å². The van der Waals surface area contributed by atoms with E-state index in [-0.39, 0.29) is 11.0 Å². The Labute approximate surface area is 79.2 Å². The summed E-state index contributed by atoms with van der Waals surface area (Å²) in [6.07, 6.45) is 0. The monoisotopic (exact) mass is 197 g/mol. The Hall–Kier alpha value is -1.41. The minimum absolute atomic E-state index is 0.104. The standard InChI is InChI=1S/C8H7NO3S/c1-5(4-9)13-7-3-2-6(12-7)8(10)11/h2-3,5H,1H3,(H,10,11). The van der Waals surface area contributed by atoms with Crippen LogP contribution in [0.25, 0.3) is 0 Å². The molecule has 0 fully saturated rings. The quantitative estimate of drug-likeness (QED) is 0.750. The Bertz CT molecular complexity index is 353. The molecule has 0 aliphatic rings. The van der Waals surface area contributed by atoms with E-state index in [1.54, 1.807) is 13.0 Å². The molecule has 0 aliphatic carbocycles. The van der Waals surface area contributed by atoms with Gasteiger partial charge in [0.2, 0.25) is 5.76 Å². The van der Waals surface area contributed by atoms with Crippen LogP contribution in [-0.4, -0.2) is 16.3 Å². The van der Waals surface area contributed by atoms with E-state index in [2.05, 4.69) is 0 Å². The summed E-state index contributed by atoms with van der Waals surface area (Å²) < 4.78 is 4.93. The van der Waals surface area contributed by atoms with Crippen LogP contribution in [0.15, 0.2) is 21.6 Å². The Kier molecular flexibility index (Phi) is 2.98. The fourth-order valence-electron chi connectivity index (χ4n) is 0.699. The molecular weight excluding hydrogens is 190 g/mol. The van der Waals surface area contributed by atoms with Gasteiger partial charge < -0.3 is 9.52 Å². The molecule has 0 aromatic carbocycles. The van der Waals surface area contributed by atoms with Crippen LogP contribution in [-0.2, 0) is 0 Å². The lowest BCUT2D eigenvalue weighted by molar-refractivity contribution is 0.0656. The first-order valence-corrected chi connectivity index (χ1v) is 4.41. The number of nitriles is 1. The summed E-state index contributed by atoms with van der Waals surface area (Å²) >= 11 is 1.19. The summed E-state index contributed by atoms with van der Waals surface area (Å²) in [5.74, 6) is -1.20. The molecule has 68 valence electrons. The molecule has 0 amide bonds. The average molecular weight is 197 g/mol. The van der Waals surface area contributed by atoms with Gasteiger partial charge in [0.1, 0.15) is 0 Å². The Morgan fingerprint density at radius 3 is 2.92 bits per heavy atom. The highest BCUT2D eigenvalue weighted by molar-refractivity contribution is 8.00. The number of hydrogen-bond donors (Lipinski definition) is 1. The summed E-state index contributed by atoms with van der Waals surface area (Å²) in [4.78, 5) is 10.4. The molecule has 0 spiro atoms. The van der Waals surface area contributed by atoms with Gasteiger partial charge in [0.05, 0.1) is 11.3 Å². The maximum Gasteiger partial charge on any atom is 0.371 e.